The number of amides is 1. The van der Waals surface area contributed by atoms with Gasteiger partial charge in [-0.25, -0.2) is 5.01 Å². The van der Waals surface area contributed by atoms with Crippen molar-refractivity contribution in [3.05, 3.63) is 42.0 Å². The van der Waals surface area contributed by atoms with Gasteiger partial charge in [0, 0.05) is 11.9 Å². The lowest BCUT2D eigenvalue weighted by molar-refractivity contribution is -0.191. The molecule has 1 fully saturated rings. The van der Waals surface area contributed by atoms with Crippen LogP contribution in [0.15, 0.2) is 36.4 Å². The number of ether oxygens (including phenoxy) is 1. The van der Waals surface area contributed by atoms with Gasteiger partial charge in [0.1, 0.15) is 11.8 Å². The Hall–Kier alpha value is -2.28. The van der Waals surface area contributed by atoms with Crippen LogP contribution in [0.4, 0.5) is 13.2 Å². The molecular weight excluding hydrogens is 369 g/mol. The van der Waals surface area contributed by atoms with E-state index in [1.165, 1.54) is 12.1 Å². The maximum absolute atomic E-state index is 14.0. The number of halogens is 3. The van der Waals surface area contributed by atoms with Gasteiger partial charge in [-0.1, -0.05) is 38.1 Å². The number of hydrogen-bond acceptors (Lipinski definition) is 3. The number of fused-ring (bicyclic) bond motifs is 1. The molecule has 0 spiro atoms. The summed E-state index contributed by atoms with van der Waals surface area (Å²) in [5.74, 6) is 0.235. The lowest BCUT2D eigenvalue weighted by Crippen LogP contribution is -2.43. The zero-order valence-electron chi connectivity index (χ0n) is 16.4. The summed E-state index contributed by atoms with van der Waals surface area (Å²) >= 11 is 0. The van der Waals surface area contributed by atoms with Crippen molar-refractivity contribution in [1.29, 1.82) is 0 Å². The molecule has 2 aromatic rings. The summed E-state index contributed by atoms with van der Waals surface area (Å²) in [6, 6.07) is 8.22. The van der Waals surface area contributed by atoms with Crippen molar-refractivity contribution in [2.45, 2.75) is 39.9 Å². The maximum atomic E-state index is 14.0. The van der Waals surface area contributed by atoms with Gasteiger partial charge in [0.15, 0.2) is 0 Å². The second kappa shape index (κ2) is 7.28. The lowest BCUT2D eigenvalue weighted by atomic mass is 9.93. The van der Waals surface area contributed by atoms with Gasteiger partial charge in [-0.3, -0.25) is 10.2 Å². The van der Waals surface area contributed by atoms with Crippen LogP contribution >= 0.6 is 0 Å². The van der Waals surface area contributed by atoms with E-state index in [-0.39, 0.29) is 18.0 Å². The fourth-order valence-corrected chi connectivity index (χ4v) is 3.35. The average molecular weight is 394 g/mol. The van der Waals surface area contributed by atoms with Crippen LogP contribution < -0.4 is 10.2 Å². The zero-order chi connectivity index (χ0) is 20.7. The van der Waals surface area contributed by atoms with E-state index in [0.29, 0.717) is 17.7 Å². The number of benzene rings is 2. The Bertz CT molecular complexity index is 878. The Morgan fingerprint density at radius 1 is 1.21 bits per heavy atom. The van der Waals surface area contributed by atoms with E-state index < -0.39 is 23.5 Å². The minimum absolute atomic E-state index is 0.0367. The highest BCUT2D eigenvalue weighted by atomic mass is 19.4. The topological polar surface area (TPSA) is 41.6 Å². The van der Waals surface area contributed by atoms with Crippen LogP contribution in [0.5, 0.6) is 5.75 Å². The van der Waals surface area contributed by atoms with Gasteiger partial charge in [0.05, 0.1) is 12.0 Å². The molecule has 1 atom stereocenters. The van der Waals surface area contributed by atoms with Crippen LogP contribution in [-0.2, 0) is 4.79 Å². The minimum Gasteiger partial charge on any atom is -0.493 e. The van der Waals surface area contributed by atoms with Gasteiger partial charge >= 0.3 is 6.18 Å². The third-order valence-electron chi connectivity index (χ3n) is 4.78. The molecule has 0 aliphatic carbocycles. The first-order valence-corrected chi connectivity index (χ1v) is 9.29. The van der Waals surface area contributed by atoms with E-state index in [0.717, 1.165) is 10.4 Å². The Labute approximate surface area is 162 Å². The van der Waals surface area contributed by atoms with Crippen molar-refractivity contribution >= 4 is 16.7 Å². The van der Waals surface area contributed by atoms with Crippen LogP contribution in [0.3, 0.4) is 0 Å². The van der Waals surface area contributed by atoms with Crippen molar-refractivity contribution in [1.82, 2.24) is 10.4 Å². The van der Waals surface area contributed by atoms with Crippen molar-refractivity contribution in [3.8, 4) is 5.75 Å². The van der Waals surface area contributed by atoms with Crippen LogP contribution in [0.25, 0.3) is 10.8 Å². The van der Waals surface area contributed by atoms with E-state index in [9.17, 15) is 18.0 Å². The summed E-state index contributed by atoms with van der Waals surface area (Å²) in [7, 11) is 0. The highest BCUT2D eigenvalue weighted by Crippen LogP contribution is 2.43. The minimum atomic E-state index is -4.56. The lowest BCUT2D eigenvalue weighted by Gasteiger charge is -2.30. The van der Waals surface area contributed by atoms with Gasteiger partial charge < -0.3 is 4.74 Å². The zero-order valence-corrected chi connectivity index (χ0v) is 16.4. The predicted octanol–water partition coefficient (Wildman–Crippen LogP) is 4.85. The standard InChI is InChI=1S/C21H25F3N2O2/c1-13(2)11-28-17-10-15(9-14-7-5-6-8-16(14)17)18(21(22,23)24)26-12-20(3,4)19(27)25-26/h5-10,13,18H,11-12H2,1-4H3,(H,25,27)/t18-/m0/s1. The van der Waals surface area contributed by atoms with Crippen molar-refractivity contribution in [3.63, 3.8) is 0 Å². The molecule has 3 rings (SSSR count). The Kier molecular flexibility index (Phi) is 5.32. The van der Waals surface area contributed by atoms with Crippen LogP contribution in [0.2, 0.25) is 0 Å². The van der Waals surface area contributed by atoms with Crippen molar-refractivity contribution in [2.75, 3.05) is 13.2 Å². The fourth-order valence-electron chi connectivity index (χ4n) is 3.35. The molecule has 1 N–H and O–H groups in total. The normalized spacial score (nSPS) is 18.5. The monoisotopic (exact) mass is 394 g/mol. The first kappa shape index (κ1) is 20.5. The largest absolute Gasteiger partial charge is 0.493 e. The molecule has 1 aliphatic rings. The molecule has 1 amide bonds. The van der Waals surface area contributed by atoms with Gasteiger partial charge in [-0.05, 0) is 42.8 Å². The van der Waals surface area contributed by atoms with E-state index in [4.69, 9.17) is 4.74 Å². The van der Waals surface area contributed by atoms with E-state index in [1.807, 2.05) is 26.0 Å². The molecule has 4 nitrogen and oxygen atoms in total. The third-order valence-corrected chi connectivity index (χ3v) is 4.78. The molecule has 1 aliphatic heterocycles. The molecule has 7 heteroatoms. The molecule has 1 saturated heterocycles. The molecule has 0 unspecified atom stereocenters. The number of hydrogen-bond donors (Lipinski definition) is 1. The first-order valence-electron chi connectivity index (χ1n) is 9.29. The number of nitrogens with zero attached hydrogens (tertiary/aromatic N) is 1. The number of rotatable bonds is 5. The van der Waals surface area contributed by atoms with E-state index in [1.54, 1.807) is 26.0 Å². The number of alkyl halides is 3. The summed E-state index contributed by atoms with van der Waals surface area (Å²) in [5, 5.41) is 2.41. The SMILES string of the molecule is CC(C)COc1cc([C@H](N2CC(C)(C)C(=O)N2)C(F)(F)F)cc2ccccc12. The molecule has 1 heterocycles. The smallest absolute Gasteiger partial charge is 0.409 e. The average Bonchev–Trinajstić information content (AvgIpc) is 2.83. The molecule has 0 aromatic heterocycles. The summed E-state index contributed by atoms with van der Waals surface area (Å²) < 4.78 is 48.0. The fraction of sp³-hybridized carbons (Fsp3) is 0.476. The van der Waals surface area contributed by atoms with Crippen molar-refractivity contribution < 1.29 is 22.7 Å². The van der Waals surface area contributed by atoms with Gasteiger partial charge in [0.2, 0.25) is 5.91 Å². The summed E-state index contributed by atoms with van der Waals surface area (Å²) in [6.45, 7) is 7.59. The van der Waals surface area contributed by atoms with Gasteiger partial charge in [0.25, 0.3) is 0 Å². The number of nitrogens with one attached hydrogen (secondary N) is 1. The van der Waals surface area contributed by atoms with E-state index >= 15 is 0 Å². The number of carbonyl (C=O) groups excluding carboxylic acids is 1. The molecule has 28 heavy (non-hydrogen) atoms. The molecule has 152 valence electrons. The third kappa shape index (κ3) is 4.09. The number of carbonyl (C=O) groups is 1. The van der Waals surface area contributed by atoms with Gasteiger partial charge in [-0.2, -0.15) is 13.2 Å². The Morgan fingerprint density at radius 2 is 1.89 bits per heavy atom. The number of hydrazine groups is 1. The molecule has 0 radical (unpaired) electrons. The Morgan fingerprint density at radius 3 is 2.46 bits per heavy atom. The molecule has 0 bridgehead atoms. The second-order valence-electron chi connectivity index (χ2n) is 8.34. The summed E-state index contributed by atoms with van der Waals surface area (Å²) in [6.07, 6.45) is -4.56. The van der Waals surface area contributed by atoms with Crippen LogP contribution in [0.1, 0.15) is 39.3 Å². The molecule has 0 saturated carbocycles. The van der Waals surface area contributed by atoms with Crippen molar-refractivity contribution in [2.24, 2.45) is 11.3 Å². The van der Waals surface area contributed by atoms with Crippen LogP contribution in [0, 0.1) is 11.3 Å². The first-order chi connectivity index (χ1) is 13.0. The predicted molar refractivity (Wildman–Crippen MR) is 102 cm³/mol. The van der Waals surface area contributed by atoms with Crippen LogP contribution in [-0.4, -0.2) is 30.2 Å². The second-order valence-corrected chi connectivity index (χ2v) is 8.34. The molecule has 2 aromatic carbocycles. The molecular formula is C21H25F3N2O2. The maximum Gasteiger partial charge on any atom is 0.409 e. The quantitative estimate of drug-likeness (QED) is 0.788. The highest BCUT2D eigenvalue weighted by molar-refractivity contribution is 5.89. The van der Waals surface area contributed by atoms with E-state index in [2.05, 4.69) is 5.43 Å². The Balaban J connectivity index is 2.09. The van der Waals surface area contributed by atoms with Gasteiger partial charge in [-0.15, -0.1) is 0 Å². The highest BCUT2D eigenvalue weighted by Gasteiger charge is 2.51. The summed E-state index contributed by atoms with van der Waals surface area (Å²) in [5.41, 5.74) is 1.55. The summed E-state index contributed by atoms with van der Waals surface area (Å²) in [4.78, 5) is 12.1.